The molecule has 194 valence electrons. The predicted molar refractivity (Wildman–Crippen MR) is 140 cm³/mol. The summed E-state index contributed by atoms with van der Waals surface area (Å²) < 4.78 is 9.90. The Kier molecular flexibility index (Phi) is 5.24. The zero-order valence-electron chi connectivity index (χ0n) is 21.4. The molecule has 10 heteroatoms. The van der Waals surface area contributed by atoms with Gasteiger partial charge in [0.2, 0.25) is 11.8 Å². The van der Waals surface area contributed by atoms with Gasteiger partial charge in [-0.05, 0) is 63.3 Å². The SMILES string of the molecule is CC(=O)N1Cc2ncnc(Oc3ccc4c(ccn4C(=O)Nc4cc(C5CC5)n(C5CC5)n4)c3)c2C[C@@H]1C. The van der Waals surface area contributed by atoms with Crippen LogP contribution in [0.1, 0.15) is 68.4 Å². The molecule has 0 unspecified atom stereocenters. The topological polar surface area (TPSA) is 107 Å². The van der Waals surface area contributed by atoms with E-state index < -0.39 is 0 Å². The first kappa shape index (κ1) is 22.9. The Bertz CT molecular complexity index is 1550. The lowest BCUT2D eigenvalue weighted by atomic mass is 9.99. The number of nitrogens with one attached hydrogen (secondary N) is 1. The highest BCUT2D eigenvalue weighted by Gasteiger charge is 2.34. The number of anilines is 1. The van der Waals surface area contributed by atoms with E-state index in [1.165, 1.54) is 24.9 Å². The second kappa shape index (κ2) is 8.68. The maximum Gasteiger partial charge on any atom is 0.331 e. The largest absolute Gasteiger partial charge is 0.439 e. The van der Waals surface area contributed by atoms with E-state index in [4.69, 9.17) is 9.84 Å². The second-order valence-corrected chi connectivity index (χ2v) is 10.6. The number of ether oxygens (including phenoxy) is 1. The van der Waals surface area contributed by atoms with Crippen LogP contribution >= 0.6 is 0 Å². The van der Waals surface area contributed by atoms with Crippen LogP contribution in [0.3, 0.4) is 0 Å². The number of aromatic nitrogens is 5. The summed E-state index contributed by atoms with van der Waals surface area (Å²) in [5.74, 6) is 2.34. The van der Waals surface area contributed by atoms with E-state index in [0.29, 0.717) is 42.4 Å². The Morgan fingerprint density at radius 3 is 2.68 bits per heavy atom. The lowest BCUT2D eigenvalue weighted by Crippen LogP contribution is -2.41. The smallest absolute Gasteiger partial charge is 0.331 e. The predicted octanol–water partition coefficient (Wildman–Crippen LogP) is 5.01. The number of fused-ring (bicyclic) bond motifs is 2. The molecule has 2 amide bonds. The summed E-state index contributed by atoms with van der Waals surface area (Å²) in [6, 6.07) is 9.81. The molecule has 1 atom stereocenters. The Morgan fingerprint density at radius 1 is 1.08 bits per heavy atom. The summed E-state index contributed by atoms with van der Waals surface area (Å²) in [4.78, 5) is 35.7. The first-order chi connectivity index (χ1) is 18.4. The molecule has 4 heterocycles. The van der Waals surface area contributed by atoms with Gasteiger partial charge in [-0.15, -0.1) is 0 Å². The molecule has 4 aromatic rings. The number of hydrogen-bond acceptors (Lipinski definition) is 6. The van der Waals surface area contributed by atoms with Crippen molar-refractivity contribution in [2.45, 2.75) is 70.5 Å². The molecule has 0 spiro atoms. The van der Waals surface area contributed by atoms with Gasteiger partial charge in [-0.2, -0.15) is 5.10 Å². The molecule has 38 heavy (non-hydrogen) atoms. The molecule has 0 radical (unpaired) electrons. The average Bonchev–Trinajstić information content (AvgIpc) is 3.83. The minimum Gasteiger partial charge on any atom is -0.439 e. The van der Waals surface area contributed by atoms with Crippen LogP contribution in [0.4, 0.5) is 10.6 Å². The van der Waals surface area contributed by atoms with E-state index in [1.807, 2.05) is 42.2 Å². The van der Waals surface area contributed by atoms with Gasteiger partial charge in [0.25, 0.3) is 0 Å². The van der Waals surface area contributed by atoms with E-state index in [0.717, 1.165) is 35.0 Å². The van der Waals surface area contributed by atoms with Gasteiger partial charge in [0.05, 0.1) is 23.8 Å². The molecule has 0 bridgehead atoms. The van der Waals surface area contributed by atoms with Crippen molar-refractivity contribution in [3.63, 3.8) is 0 Å². The third-order valence-electron chi connectivity index (χ3n) is 7.73. The van der Waals surface area contributed by atoms with Crippen molar-refractivity contribution in [2.24, 2.45) is 0 Å². The van der Waals surface area contributed by atoms with Crippen molar-refractivity contribution in [2.75, 3.05) is 5.32 Å². The number of carbonyl (C=O) groups excluding carboxylic acids is 2. The molecular formula is C28H29N7O3. The lowest BCUT2D eigenvalue weighted by molar-refractivity contribution is -0.132. The minimum atomic E-state index is -0.245. The molecule has 3 aromatic heterocycles. The maximum atomic E-state index is 13.1. The van der Waals surface area contributed by atoms with Gasteiger partial charge in [-0.1, -0.05) is 0 Å². The fraction of sp³-hybridized carbons (Fsp3) is 0.393. The van der Waals surface area contributed by atoms with Crippen LogP contribution < -0.4 is 10.1 Å². The molecule has 2 aliphatic carbocycles. The lowest BCUT2D eigenvalue weighted by Gasteiger charge is -2.33. The van der Waals surface area contributed by atoms with Crippen molar-refractivity contribution in [3.05, 3.63) is 59.8 Å². The standard InChI is InChI=1S/C28H29N7O3/c1-16-11-22-23(14-34(16)17(2)36)29-15-30-27(22)38-21-7-8-24-19(12-21)9-10-33(24)28(37)31-26-13-25(18-3-4-18)35(32-26)20-5-6-20/h7-10,12-13,15-16,18,20H,3-6,11,14H2,1-2H3,(H,31,32,37)/t16-/m0/s1. The van der Waals surface area contributed by atoms with E-state index in [2.05, 4.69) is 20.0 Å². The molecule has 7 rings (SSSR count). The Morgan fingerprint density at radius 2 is 1.92 bits per heavy atom. The molecule has 1 aromatic carbocycles. The van der Waals surface area contributed by atoms with Crippen LogP contribution in [0.5, 0.6) is 11.6 Å². The van der Waals surface area contributed by atoms with Gasteiger partial charge in [-0.25, -0.2) is 14.8 Å². The number of rotatable bonds is 5. The van der Waals surface area contributed by atoms with Gasteiger partial charge >= 0.3 is 6.03 Å². The summed E-state index contributed by atoms with van der Waals surface area (Å²) in [6.45, 7) is 4.04. The third-order valence-corrected chi connectivity index (χ3v) is 7.73. The Labute approximate surface area is 219 Å². The summed E-state index contributed by atoms with van der Waals surface area (Å²) in [6.07, 6.45) is 8.58. The van der Waals surface area contributed by atoms with Crippen LogP contribution in [-0.2, 0) is 17.8 Å². The van der Waals surface area contributed by atoms with Crippen LogP contribution in [-0.4, -0.2) is 47.2 Å². The fourth-order valence-electron chi connectivity index (χ4n) is 5.41. The zero-order chi connectivity index (χ0) is 26.0. The summed E-state index contributed by atoms with van der Waals surface area (Å²) >= 11 is 0. The highest BCUT2D eigenvalue weighted by Crippen LogP contribution is 2.45. The molecule has 2 saturated carbocycles. The zero-order valence-corrected chi connectivity index (χ0v) is 21.4. The van der Waals surface area contributed by atoms with Crippen molar-refractivity contribution < 1.29 is 14.3 Å². The first-order valence-electron chi connectivity index (χ1n) is 13.2. The Balaban J connectivity index is 1.11. The van der Waals surface area contributed by atoms with Crippen LogP contribution in [0.2, 0.25) is 0 Å². The van der Waals surface area contributed by atoms with Gasteiger partial charge in [-0.3, -0.25) is 19.4 Å². The van der Waals surface area contributed by atoms with Crippen molar-refractivity contribution in [3.8, 4) is 11.6 Å². The van der Waals surface area contributed by atoms with E-state index in [9.17, 15) is 9.59 Å². The highest BCUT2D eigenvalue weighted by molar-refractivity contribution is 5.98. The molecule has 1 N–H and O–H groups in total. The molecule has 2 fully saturated rings. The quantitative estimate of drug-likeness (QED) is 0.404. The number of nitrogens with zero attached hydrogens (tertiary/aromatic N) is 6. The van der Waals surface area contributed by atoms with Crippen molar-refractivity contribution >= 4 is 28.7 Å². The molecule has 10 nitrogen and oxygen atoms in total. The van der Waals surface area contributed by atoms with Gasteiger partial charge < -0.3 is 9.64 Å². The highest BCUT2D eigenvalue weighted by atomic mass is 16.5. The molecular weight excluding hydrogens is 482 g/mol. The van der Waals surface area contributed by atoms with Crippen LogP contribution in [0, 0.1) is 0 Å². The van der Waals surface area contributed by atoms with Crippen LogP contribution in [0.15, 0.2) is 42.9 Å². The van der Waals surface area contributed by atoms with Gasteiger partial charge in [0.1, 0.15) is 12.1 Å². The minimum absolute atomic E-state index is 0.0304. The summed E-state index contributed by atoms with van der Waals surface area (Å²) in [5, 5.41) is 8.55. The van der Waals surface area contributed by atoms with Gasteiger partial charge in [0.15, 0.2) is 5.82 Å². The van der Waals surface area contributed by atoms with E-state index >= 15 is 0 Å². The monoisotopic (exact) mass is 511 g/mol. The summed E-state index contributed by atoms with van der Waals surface area (Å²) in [7, 11) is 0. The average molecular weight is 512 g/mol. The number of carbonyl (C=O) groups is 2. The normalized spacial score (nSPS) is 18.9. The molecule has 3 aliphatic rings. The molecule has 0 saturated heterocycles. The van der Waals surface area contributed by atoms with E-state index in [1.54, 1.807) is 17.7 Å². The maximum absolute atomic E-state index is 13.1. The number of hydrogen-bond donors (Lipinski definition) is 1. The third kappa shape index (κ3) is 4.09. The number of amides is 2. The van der Waals surface area contributed by atoms with Crippen LogP contribution in [0.25, 0.3) is 10.9 Å². The second-order valence-electron chi connectivity index (χ2n) is 10.6. The number of benzene rings is 1. The molecule has 1 aliphatic heterocycles. The van der Waals surface area contributed by atoms with Gasteiger partial charge in [0, 0.05) is 47.8 Å². The summed E-state index contributed by atoms with van der Waals surface area (Å²) in [5.41, 5.74) is 3.75. The fourth-order valence-corrected chi connectivity index (χ4v) is 5.41. The van der Waals surface area contributed by atoms with Crippen molar-refractivity contribution in [1.29, 1.82) is 0 Å². The van der Waals surface area contributed by atoms with E-state index in [-0.39, 0.29) is 18.0 Å². The first-order valence-corrected chi connectivity index (χ1v) is 13.2. The Hall–Kier alpha value is -4.21. The van der Waals surface area contributed by atoms with Crippen molar-refractivity contribution in [1.82, 2.24) is 29.2 Å².